The lowest BCUT2D eigenvalue weighted by molar-refractivity contribution is -0.119. The van der Waals surface area contributed by atoms with Gasteiger partial charge in [-0.3, -0.25) is 4.79 Å². The highest BCUT2D eigenvalue weighted by molar-refractivity contribution is 7.89. The third-order valence-electron chi connectivity index (χ3n) is 4.18. The molecule has 30 heavy (non-hydrogen) atoms. The highest BCUT2D eigenvalue weighted by Gasteiger charge is 2.23. The maximum atomic E-state index is 12.6. The molecule has 2 aromatic carbocycles. The number of amides is 1. The number of benzene rings is 2. The second-order valence-corrected chi connectivity index (χ2v) is 8.46. The van der Waals surface area contributed by atoms with Crippen LogP contribution in [0, 0.1) is 0 Å². The number of nitrogens with zero attached hydrogens (tertiary/aromatic N) is 1. The van der Waals surface area contributed by atoms with Crippen molar-refractivity contribution in [1.82, 2.24) is 4.31 Å². The van der Waals surface area contributed by atoms with Crippen LogP contribution in [0.2, 0.25) is 5.02 Å². The average molecular weight is 455 g/mol. The third-order valence-corrected chi connectivity index (χ3v) is 6.46. The van der Waals surface area contributed by atoms with Crippen LogP contribution in [-0.2, 0) is 19.6 Å². The fourth-order valence-corrected chi connectivity index (χ4v) is 4.35. The van der Waals surface area contributed by atoms with Crippen molar-refractivity contribution in [3.8, 4) is 5.75 Å². The first-order valence-corrected chi connectivity index (χ1v) is 11.0. The van der Waals surface area contributed by atoms with Gasteiger partial charge in [-0.25, -0.2) is 13.2 Å². The number of esters is 1. The fourth-order valence-electron chi connectivity index (χ4n) is 2.67. The molecule has 0 spiro atoms. The van der Waals surface area contributed by atoms with E-state index in [0.29, 0.717) is 29.5 Å². The van der Waals surface area contributed by atoms with E-state index < -0.39 is 28.5 Å². The van der Waals surface area contributed by atoms with Gasteiger partial charge in [0.05, 0.1) is 23.3 Å². The molecule has 2 aromatic rings. The van der Waals surface area contributed by atoms with Gasteiger partial charge in [0.1, 0.15) is 5.75 Å². The molecular formula is C20H23ClN2O6S. The van der Waals surface area contributed by atoms with Gasteiger partial charge < -0.3 is 14.8 Å². The Bertz CT molecular complexity index is 1020. The Morgan fingerprint density at radius 2 is 1.80 bits per heavy atom. The van der Waals surface area contributed by atoms with Gasteiger partial charge >= 0.3 is 5.97 Å². The van der Waals surface area contributed by atoms with E-state index in [2.05, 4.69) is 5.32 Å². The summed E-state index contributed by atoms with van der Waals surface area (Å²) in [6.07, 6.45) is 0. The molecule has 0 heterocycles. The van der Waals surface area contributed by atoms with E-state index in [-0.39, 0.29) is 10.5 Å². The first kappa shape index (κ1) is 23.7. The number of hydrogen-bond donors (Lipinski definition) is 1. The molecule has 1 N–H and O–H groups in total. The van der Waals surface area contributed by atoms with Crippen molar-refractivity contribution < 1.29 is 27.5 Å². The van der Waals surface area contributed by atoms with Crippen molar-refractivity contribution >= 4 is 39.2 Å². The topological polar surface area (TPSA) is 102 Å². The van der Waals surface area contributed by atoms with Crippen molar-refractivity contribution in [3.63, 3.8) is 0 Å². The predicted molar refractivity (Wildman–Crippen MR) is 113 cm³/mol. The van der Waals surface area contributed by atoms with E-state index in [9.17, 15) is 18.0 Å². The predicted octanol–water partition coefficient (Wildman–Crippen LogP) is 3.17. The first-order valence-electron chi connectivity index (χ1n) is 9.13. The molecule has 0 aliphatic heterocycles. The van der Waals surface area contributed by atoms with Crippen molar-refractivity contribution in [2.45, 2.75) is 18.7 Å². The average Bonchev–Trinajstić information content (AvgIpc) is 2.73. The summed E-state index contributed by atoms with van der Waals surface area (Å²) in [4.78, 5) is 24.4. The SMILES string of the molecule is CCN(CC)S(=O)(=O)c1cccc(C(=O)OCC(=O)Nc2cc(Cl)ccc2OC)c1. The molecule has 0 radical (unpaired) electrons. The van der Waals surface area contributed by atoms with Crippen LogP contribution < -0.4 is 10.1 Å². The lowest BCUT2D eigenvalue weighted by atomic mass is 10.2. The Hall–Kier alpha value is -2.62. The van der Waals surface area contributed by atoms with Gasteiger partial charge in [0.25, 0.3) is 5.91 Å². The van der Waals surface area contributed by atoms with Crippen molar-refractivity contribution in [3.05, 3.63) is 53.1 Å². The largest absolute Gasteiger partial charge is 0.495 e. The standard InChI is InChI=1S/C20H23ClN2O6S/c1-4-23(5-2)30(26,27)16-8-6-7-14(11-16)20(25)29-13-19(24)22-17-12-15(21)9-10-18(17)28-3/h6-12H,4-5,13H2,1-3H3,(H,22,24). The molecule has 0 saturated heterocycles. The van der Waals surface area contributed by atoms with Gasteiger partial charge in [0.2, 0.25) is 10.0 Å². The van der Waals surface area contributed by atoms with E-state index in [4.69, 9.17) is 21.1 Å². The monoisotopic (exact) mass is 454 g/mol. The number of nitrogens with one attached hydrogen (secondary N) is 1. The highest BCUT2D eigenvalue weighted by Crippen LogP contribution is 2.27. The molecule has 0 unspecified atom stereocenters. The molecule has 1 amide bonds. The number of rotatable bonds is 9. The Labute approximate surface area is 180 Å². The number of ether oxygens (including phenoxy) is 2. The van der Waals surface area contributed by atoms with Crippen LogP contribution in [0.1, 0.15) is 24.2 Å². The Kier molecular flexibility index (Phi) is 8.22. The normalized spacial score (nSPS) is 11.2. The van der Waals surface area contributed by atoms with Gasteiger partial charge in [-0.15, -0.1) is 0 Å². The van der Waals surface area contributed by atoms with Crippen LogP contribution in [0.5, 0.6) is 5.75 Å². The zero-order valence-corrected chi connectivity index (χ0v) is 18.4. The van der Waals surface area contributed by atoms with Gasteiger partial charge in [0.15, 0.2) is 6.61 Å². The van der Waals surface area contributed by atoms with Crippen LogP contribution in [0.25, 0.3) is 0 Å². The van der Waals surface area contributed by atoms with Gasteiger partial charge in [-0.05, 0) is 36.4 Å². The van der Waals surface area contributed by atoms with Gasteiger partial charge in [-0.2, -0.15) is 4.31 Å². The number of methoxy groups -OCH3 is 1. The number of sulfonamides is 1. The minimum atomic E-state index is -3.72. The number of hydrogen-bond acceptors (Lipinski definition) is 6. The number of carbonyl (C=O) groups is 2. The van der Waals surface area contributed by atoms with E-state index in [1.54, 1.807) is 26.0 Å². The summed E-state index contributed by atoms with van der Waals surface area (Å²) in [6.45, 7) is 3.50. The summed E-state index contributed by atoms with van der Waals surface area (Å²) in [7, 11) is -2.28. The summed E-state index contributed by atoms with van der Waals surface area (Å²) in [5.74, 6) is -1.02. The van der Waals surface area contributed by atoms with Crippen molar-refractivity contribution in [2.75, 3.05) is 32.1 Å². The molecule has 8 nitrogen and oxygen atoms in total. The lowest BCUT2D eigenvalue weighted by Crippen LogP contribution is -2.30. The van der Waals surface area contributed by atoms with E-state index in [1.165, 1.54) is 41.7 Å². The summed E-state index contributed by atoms with van der Waals surface area (Å²) >= 11 is 5.91. The van der Waals surface area contributed by atoms with Crippen LogP contribution in [0.4, 0.5) is 5.69 Å². The highest BCUT2D eigenvalue weighted by atomic mass is 35.5. The molecule has 2 rings (SSSR count). The Morgan fingerprint density at radius 3 is 2.43 bits per heavy atom. The number of halogens is 1. The van der Waals surface area contributed by atoms with E-state index >= 15 is 0 Å². The second-order valence-electron chi connectivity index (χ2n) is 6.09. The quantitative estimate of drug-likeness (QED) is 0.584. The van der Waals surface area contributed by atoms with E-state index in [0.717, 1.165) is 0 Å². The van der Waals surface area contributed by atoms with Crippen LogP contribution in [0.3, 0.4) is 0 Å². The molecule has 0 fully saturated rings. The second kappa shape index (κ2) is 10.4. The van der Waals surface area contributed by atoms with Crippen LogP contribution in [-0.4, -0.2) is 51.4 Å². The zero-order chi connectivity index (χ0) is 22.3. The smallest absolute Gasteiger partial charge is 0.338 e. The third kappa shape index (κ3) is 5.71. The molecule has 162 valence electrons. The van der Waals surface area contributed by atoms with Gasteiger partial charge in [0, 0.05) is 18.1 Å². The minimum absolute atomic E-state index is 0.0197. The summed E-state index contributed by atoms with van der Waals surface area (Å²) in [5, 5.41) is 2.94. The number of anilines is 1. The first-order chi connectivity index (χ1) is 14.2. The Morgan fingerprint density at radius 1 is 1.10 bits per heavy atom. The molecule has 0 aliphatic rings. The van der Waals surface area contributed by atoms with Crippen LogP contribution in [0.15, 0.2) is 47.4 Å². The van der Waals surface area contributed by atoms with Crippen molar-refractivity contribution in [1.29, 1.82) is 0 Å². The molecule has 0 aliphatic carbocycles. The number of carbonyl (C=O) groups excluding carboxylic acids is 2. The molecule has 0 atom stereocenters. The molecule has 0 saturated carbocycles. The summed E-state index contributed by atoms with van der Waals surface area (Å²) in [5.41, 5.74) is 0.356. The van der Waals surface area contributed by atoms with E-state index in [1.807, 2.05) is 0 Å². The maximum absolute atomic E-state index is 12.6. The minimum Gasteiger partial charge on any atom is -0.495 e. The van der Waals surface area contributed by atoms with Crippen LogP contribution >= 0.6 is 11.6 Å². The fraction of sp³-hybridized carbons (Fsp3) is 0.300. The zero-order valence-electron chi connectivity index (χ0n) is 16.8. The Balaban J connectivity index is 2.07. The molecular weight excluding hydrogens is 432 g/mol. The van der Waals surface area contributed by atoms with Crippen molar-refractivity contribution in [2.24, 2.45) is 0 Å². The summed E-state index contributed by atoms with van der Waals surface area (Å²) in [6, 6.07) is 10.2. The summed E-state index contributed by atoms with van der Waals surface area (Å²) < 4.78 is 36.7. The molecule has 10 heteroatoms. The maximum Gasteiger partial charge on any atom is 0.338 e. The van der Waals surface area contributed by atoms with Gasteiger partial charge in [-0.1, -0.05) is 31.5 Å². The lowest BCUT2D eigenvalue weighted by Gasteiger charge is -2.18. The molecule has 0 aromatic heterocycles. The molecule has 0 bridgehead atoms.